The highest BCUT2D eigenvalue weighted by atomic mass is 79.9. The summed E-state index contributed by atoms with van der Waals surface area (Å²) in [7, 11) is 0. The van der Waals surface area contributed by atoms with E-state index in [1.54, 1.807) is 0 Å². The third-order valence-electron chi connectivity index (χ3n) is 4.34. The van der Waals surface area contributed by atoms with Crippen molar-refractivity contribution in [1.29, 1.82) is 0 Å². The Labute approximate surface area is 152 Å². The molecule has 2 aliphatic heterocycles. The van der Waals surface area contributed by atoms with Gasteiger partial charge in [-0.15, -0.1) is 0 Å². The third kappa shape index (κ3) is 4.48. The number of H-pyrrole nitrogens is 1. The molecule has 9 heteroatoms. The van der Waals surface area contributed by atoms with Crippen molar-refractivity contribution in [3.8, 4) is 0 Å². The van der Waals surface area contributed by atoms with Gasteiger partial charge >= 0.3 is 5.69 Å². The van der Waals surface area contributed by atoms with Gasteiger partial charge in [-0.2, -0.15) is 0 Å². The minimum Gasteiger partial charge on any atom is -0.390 e. The molecular weight excluding hydrogens is 396 g/mol. The molecule has 0 saturated carbocycles. The fraction of sp³-hybridized carbons (Fsp3) is 0.625. The van der Waals surface area contributed by atoms with Gasteiger partial charge in [0.25, 0.3) is 5.56 Å². The maximum atomic E-state index is 12.1. The van der Waals surface area contributed by atoms with Gasteiger partial charge in [0.05, 0.1) is 18.3 Å². The summed E-state index contributed by atoms with van der Waals surface area (Å²) in [5.41, 5.74) is -0.749. The molecule has 0 aromatic carbocycles. The monoisotopic (exact) mass is 416 g/mol. The van der Waals surface area contributed by atoms with Crippen LogP contribution in [-0.2, 0) is 14.2 Å². The molecule has 0 amide bonds. The largest absolute Gasteiger partial charge is 0.390 e. The van der Waals surface area contributed by atoms with Crippen LogP contribution in [0, 0.1) is 0 Å². The number of ether oxygens (including phenoxy) is 3. The number of aliphatic hydroxyl groups is 1. The first kappa shape index (κ1) is 18.5. The van der Waals surface area contributed by atoms with Gasteiger partial charge in [0.2, 0.25) is 0 Å². The second kappa shape index (κ2) is 8.41. The fourth-order valence-corrected chi connectivity index (χ4v) is 3.27. The van der Waals surface area contributed by atoms with Crippen molar-refractivity contribution in [3.05, 3.63) is 37.6 Å². The van der Waals surface area contributed by atoms with E-state index in [2.05, 4.69) is 20.9 Å². The van der Waals surface area contributed by atoms with E-state index in [9.17, 15) is 14.7 Å². The first-order valence-electron chi connectivity index (χ1n) is 8.27. The van der Waals surface area contributed by atoms with Gasteiger partial charge in [-0.3, -0.25) is 14.3 Å². The van der Waals surface area contributed by atoms with Crippen LogP contribution in [-0.4, -0.2) is 46.4 Å². The molecule has 2 saturated heterocycles. The lowest BCUT2D eigenvalue weighted by Crippen LogP contribution is -2.34. The van der Waals surface area contributed by atoms with E-state index >= 15 is 0 Å². The normalized spacial score (nSPS) is 30.2. The molecule has 0 bridgehead atoms. The van der Waals surface area contributed by atoms with Gasteiger partial charge in [-0.05, 0) is 30.3 Å². The van der Waals surface area contributed by atoms with Gasteiger partial charge in [0.1, 0.15) is 12.3 Å². The Bertz CT molecular complexity index is 724. The van der Waals surface area contributed by atoms with Crippen LogP contribution in [0.15, 0.2) is 20.8 Å². The minimum absolute atomic E-state index is 0.189. The summed E-state index contributed by atoms with van der Waals surface area (Å²) in [6, 6.07) is 0. The summed E-state index contributed by atoms with van der Waals surface area (Å²) >= 11 is 3.10. The number of aliphatic hydroxyl groups excluding tert-OH is 1. The number of rotatable bonds is 5. The van der Waals surface area contributed by atoms with Crippen LogP contribution in [0.3, 0.4) is 0 Å². The van der Waals surface area contributed by atoms with Crippen molar-refractivity contribution in [1.82, 2.24) is 9.55 Å². The van der Waals surface area contributed by atoms with Crippen LogP contribution < -0.4 is 11.2 Å². The average molecular weight is 417 g/mol. The summed E-state index contributed by atoms with van der Waals surface area (Å²) in [5, 5.41) is 10.2. The Balaban J connectivity index is 1.67. The molecule has 25 heavy (non-hydrogen) atoms. The number of hydrogen-bond donors (Lipinski definition) is 2. The van der Waals surface area contributed by atoms with Crippen LogP contribution in [0.1, 0.15) is 37.5 Å². The van der Waals surface area contributed by atoms with Crippen molar-refractivity contribution < 1.29 is 19.3 Å². The summed E-state index contributed by atoms with van der Waals surface area (Å²) < 4.78 is 18.2. The number of nitrogens with zero attached hydrogens (tertiary/aromatic N) is 1. The van der Waals surface area contributed by atoms with Crippen molar-refractivity contribution in [3.63, 3.8) is 0 Å². The van der Waals surface area contributed by atoms with Gasteiger partial charge in [0.15, 0.2) is 6.29 Å². The molecule has 1 aromatic heterocycles. The Hall–Kier alpha value is -1.26. The zero-order valence-electron chi connectivity index (χ0n) is 13.6. The molecule has 4 atom stereocenters. The van der Waals surface area contributed by atoms with Crippen molar-refractivity contribution in [2.45, 2.75) is 50.4 Å². The lowest BCUT2D eigenvalue weighted by molar-refractivity contribution is -0.185. The molecule has 0 spiro atoms. The number of hydrogen-bond acceptors (Lipinski definition) is 6. The van der Waals surface area contributed by atoms with Gasteiger partial charge in [-0.1, -0.05) is 15.9 Å². The van der Waals surface area contributed by atoms with E-state index in [0.717, 1.165) is 19.3 Å². The van der Waals surface area contributed by atoms with E-state index < -0.39 is 29.7 Å². The zero-order valence-corrected chi connectivity index (χ0v) is 15.2. The molecular formula is C16H21BrN2O6. The molecule has 0 aliphatic carbocycles. The quantitative estimate of drug-likeness (QED) is 0.744. The smallest absolute Gasteiger partial charge is 0.330 e. The van der Waals surface area contributed by atoms with E-state index in [-0.39, 0.29) is 19.3 Å². The maximum Gasteiger partial charge on any atom is 0.330 e. The number of halogens is 1. The van der Waals surface area contributed by atoms with E-state index in [1.165, 1.54) is 21.8 Å². The predicted molar refractivity (Wildman–Crippen MR) is 93.4 cm³/mol. The van der Waals surface area contributed by atoms with Crippen LogP contribution in [0.5, 0.6) is 0 Å². The second-order valence-electron chi connectivity index (χ2n) is 6.11. The molecule has 3 rings (SSSR count). The van der Waals surface area contributed by atoms with E-state index in [0.29, 0.717) is 12.2 Å². The SMILES string of the molecule is O=c1[nH]c(=O)n([C@H]2C[C@H](O)[C@@H](COC3CCCCO3)O2)cc1C=CBr. The van der Waals surface area contributed by atoms with E-state index in [1.807, 2.05) is 0 Å². The molecule has 2 aliphatic rings. The summed E-state index contributed by atoms with van der Waals surface area (Å²) in [6.07, 6.45) is 3.86. The minimum atomic E-state index is -0.761. The Morgan fingerprint density at radius 2 is 2.28 bits per heavy atom. The second-order valence-corrected chi connectivity index (χ2v) is 6.63. The zero-order chi connectivity index (χ0) is 17.8. The lowest BCUT2D eigenvalue weighted by atomic mass is 10.2. The molecule has 2 N–H and O–H groups in total. The predicted octanol–water partition coefficient (Wildman–Crippen LogP) is 1.09. The van der Waals surface area contributed by atoms with Crippen molar-refractivity contribution >= 4 is 22.0 Å². The maximum absolute atomic E-state index is 12.1. The summed E-state index contributed by atoms with van der Waals surface area (Å²) in [6.45, 7) is 0.868. The average Bonchev–Trinajstić information content (AvgIpc) is 2.97. The highest BCUT2D eigenvalue weighted by Gasteiger charge is 2.36. The van der Waals surface area contributed by atoms with Crippen LogP contribution in [0.2, 0.25) is 0 Å². The molecule has 1 unspecified atom stereocenters. The van der Waals surface area contributed by atoms with Gasteiger partial charge in [-0.25, -0.2) is 4.79 Å². The van der Waals surface area contributed by atoms with E-state index in [4.69, 9.17) is 14.2 Å². The van der Waals surface area contributed by atoms with Crippen molar-refractivity contribution in [2.75, 3.05) is 13.2 Å². The molecule has 0 radical (unpaired) electrons. The number of aromatic nitrogens is 2. The highest BCUT2D eigenvalue weighted by molar-refractivity contribution is 9.11. The molecule has 3 heterocycles. The highest BCUT2D eigenvalue weighted by Crippen LogP contribution is 2.28. The van der Waals surface area contributed by atoms with Crippen LogP contribution in [0.4, 0.5) is 0 Å². The Morgan fingerprint density at radius 1 is 1.44 bits per heavy atom. The van der Waals surface area contributed by atoms with Gasteiger partial charge in [0, 0.05) is 19.2 Å². The molecule has 1 aromatic rings. The standard InChI is InChI=1S/C16H21BrN2O6/c17-5-4-10-8-19(16(22)18-15(10)21)13-7-11(20)12(25-13)9-24-14-3-1-2-6-23-14/h4-5,8,11-14,20H,1-3,6-7,9H2,(H,18,21,22)/t11-,12+,13+,14?/m0/s1. The molecule has 138 valence electrons. The molecule has 2 fully saturated rings. The summed E-state index contributed by atoms with van der Waals surface area (Å²) in [4.78, 5) is 27.6. The van der Waals surface area contributed by atoms with Crippen LogP contribution in [0.25, 0.3) is 6.08 Å². The Morgan fingerprint density at radius 3 is 3.00 bits per heavy atom. The first-order chi connectivity index (χ1) is 12.1. The van der Waals surface area contributed by atoms with Crippen molar-refractivity contribution in [2.24, 2.45) is 0 Å². The Kier molecular flexibility index (Phi) is 6.24. The third-order valence-corrected chi connectivity index (χ3v) is 4.60. The number of aromatic amines is 1. The summed E-state index contributed by atoms with van der Waals surface area (Å²) in [5.74, 6) is 0. The molecule has 8 nitrogen and oxygen atoms in total. The van der Waals surface area contributed by atoms with Gasteiger partial charge < -0.3 is 19.3 Å². The first-order valence-corrected chi connectivity index (χ1v) is 9.19. The fourth-order valence-electron chi connectivity index (χ4n) is 2.98. The number of nitrogens with one attached hydrogen (secondary N) is 1. The topological polar surface area (TPSA) is 103 Å². The van der Waals surface area contributed by atoms with Crippen LogP contribution >= 0.6 is 15.9 Å². The lowest BCUT2D eigenvalue weighted by Gasteiger charge is -2.24.